The number of aromatic nitrogens is 3. The first kappa shape index (κ1) is 27.0. The summed E-state index contributed by atoms with van der Waals surface area (Å²) in [5, 5.41) is 4.47. The second kappa shape index (κ2) is 11.2. The summed E-state index contributed by atoms with van der Waals surface area (Å²) in [7, 11) is 0. The highest BCUT2D eigenvalue weighted by molar-refractivity contribution is 6.15. The number of rotatable bonds is 5. The van der Waals surface area contributed by atoms with Gasteiger partial charge in [0.15, 0.2) is 17.5 Å². The van der Waals surface area contributed by atoms with Crippen LogP contribution in [0.15, 0.2) is 168 Å². The van der Waals surface area contributed by atoms with Crippen LogP contribution in [-0.2, 0) is 0 Å². The van der Waals surface area contributed by atoms with Gasteiger partial charge in [0.1, 0.15) is 11.2 Å². The Balaban J connectivity index is 1.26. The summed E-state index contributed by atoms with van der Waals surface area (Å²) in [5.41, 5.74) is 9.07. The van der Waals surface area contributed by atoms with Crippen LogP contribution in [0.4, 0.5) is 0 Å². The Morgan fingerprint density at radius 3 is 1.62 bits per heavy atom. The molecule has 0 bridgehead atoms. The van der Waals surface area contributed by atoms with Crippen molar-refractivity contribution in [2.45, 2.75) is 0 Å². The van der Waals surface area contributed by atoms with Gasteiger partial charge in [-0.3, -0.25) is 0 Å². The van der Waals surface area contributed by atoms with E-state index < -0.39 is 0 Å². The quantitative estimate of drug-likeness (QED) is 0.197. The molecule has 47 heavy (non-hydrogen) atoms. The van der Waals surface area contributed by atoms with Crippen LogP contribution in [0.3, 0.4) is 0 Å². The van der Waals surface area contributed by atoms with E-state index in [4.69, 9.17) is 19.4 Å². The molecule has 2 aromatic heterocycles. The number of benzene rings is 7. The third kappa shape index (κ3) is 4.84. The molecule has 4 nitrogen and oxygen atoms in total. The molecule has 7 aromatic carbocycles. The van der Waals surface area contributed by atoms with E-state index in [1.165, 1.54) is 5.56 Å². The number of hydrogen-bond acceptors (Lipinski definition) is 4. The Hall–Kier alpha value is -6.39. The zero-order chi connectivity index (χ0) is 31.2. The maximum atomic E-state index is 6.27. The molecule has 0 aliphatic rings. The van der Waals surface area contributed by atoms with E-state index in [0.29, 0.717) is 17.5 Å². The molecule has 0 spiro atoms. The molecule has 0 fully saturated rings. The minimum absolute atomic E-state index is 0.622. The van der Waals surface area contributed by atoms with Crippen molar-refractivity contribution >= 4 is 32.7 Å². The average Bonchev–Trinajstić information content (AvgIpc) is 3.54. The highest BCUT2D eigenvalue weighted by Crippen LogP contribution is 2.41. The van der Waals surface area contributed by atoms with E-state index in [1.807, 2.05) is 54.6 Å². The van der Waals surface area contributed by atoms with Gasteiger partial charge in [-0.2, -0.15) is 0 Å². The van der Waals surface area contributed by atoms with E-state index in [1.54, 1.807) is 0 Å². The van der Waals surface area contributed by atoms with Crippen molar-refractivity contribution in [1.82, 2.24) is 15.0 Å². The fraction of sp³-hybridized carbons (Fsp3) is 0. The van der Waals surface area contributed by atoms with Crippen molar-refractivity contribution in [3.8, 4) is 56.4 Å². The van der Waals surface area contributed by atoms with Gasteiger partial charge < -0.3 is 4.42 Å². The molecule has 0 amide bonds. The van der Waals surface area contributed by atoms with Crippen LogP contribution in [0.2, 0.25) is 0 Å². The lowest BCUT2D eigenvalue weighted by Gasteiger charge is -2.13. The average molecular weight is 602 g/mol. The van der Waals surface area contributed by atoms with Gasteiger partial charge in [0.25, 0.3) is 0 Å². The first-order valence-corrected chi connectivity index (χ1v) is 15.7. The first-order valence-electron chi connectivity index (χ1n) is 15.7. The number of hydrogen-bond donors (Lipinski definition) is 0. The fourth-order valence-electron chi connectivity index (χ4n) is 6.45. The summed E-state index contributed by atoms with van der Waals surface area (Å²) in [6.07, 6.45) is 0. The molecule has 9 aromatic rings. The smallest absolute Gasteiger partial charge is 0.164 e. The van der Waals surface area contributed by atoms with Crippen molar-refractivity contribution in [3.63, 3.8) is 0 Å². The van der Waals surface area contributed by atoms with Gasteiger partial charge in [-0.05, 0) is 57.3 Å². The van der Waals surface area contributed by atoms with Gasteiger partial charge in [0.2, 0.25) is 0 Å². The van der Waals surface area contributed by atoms with Crippen LogP contribution < -0.4 is 0 Å². The highest BCUT2D eigenvalue weighted by atomic mass is 16.3. The standard InChI is InChI=1S/C43H27N3O/c1-3-12-28(13-4-1)29-22-24-31(25-23-29)42-44-41(30-14-5-2-6-15-30)45-43(46-42)33-26-32-16-7-8-17-34(32)37(27-33)35-19-11-21-39-40(35)36-18-9-10-20-38(36)47-39/h1-27H. The molecular formula is C43H27N3O. The Labute approximate surface area is 271 Å². The number of nitrogens with zero attached hydrogens (tertiary/aromatic N) is 3. The van der Waals surface area contributed by atoms with Gasteiger partial charge in [0, 0.05) is 27.5 Å². The summed E-state index contributed by atoms with van der Waals surface area (Å²) in [6.45, 7) is 0. The van der Waals surface area contributed by atoms with Crippen molar-refractivity contribution in [2.75, 3.05) is 0 Å². The summed E-state index contributed by atoms with van der Waals surface area (Å²) in [4.78, 5) is 15.2. The van der Waals surface area contributed by atoms with E-state index >= 15 is 0 Å². The summed E-state index contributed by atoms with van der Waals surface area (Å²) in [6, 6.07) is 56.3. The molecule has 0 unspecified atom stereocenters. The van der Waals surface area contributed by atoms with Crippen molar-refractivity contribution in [2.24, 2.45) is 0 Å². The zero-order valence-electron chi connectivity index (χ0n) is 25.3. The third-order valence-corrected chi connectivity index (χ3v) is 8.73. The summed E-state index contributed by atoms with van der Waals surface area (Å²) < 4.78 is 6.27. The molecule has 9 rings (SSSR count). The molecular weight excluding hydrogens is 574 g/mol. The van der Waals surface area contributed by atoms with Gasteiger partial charge in [-0.1, -0.05) is 140 Å². The molecule has 220 valence electrons. The Morgan fingerprint density at radius 1 is 0.340 bits per heavy atom. The monoisotopic (exact) mass is 601 g/mol. The second-order valence-electron chi connectivity index (χ2n) is 11.6. The Kier molecular flexibility index (Phi) is 6.43. The van der Waals surface area contributed by atoms with Crippen LogP contribution in [0.25, 0.3) is 89.1 Å². The molecule has 0 N–H and O–H groups in total. The van der Waals surface area contributed by atoms with Crippen molar-refractivity contribution < 1.29 is 4.42 Å². The zero-order valence-corrected chi connectivity index (χ0v) is 25.3. The SMILES string of the molecule is c1ccc(-c2ccc(-c3nc(-c4ccccc4)nc(-c4cc(-c5cccc6oc7ccccc7c56)c5ccccc5c4)n3)cc2)cc1. The van der Waals surface area contributed by atoms with Gasteiger partial charge in [0.05, 0.1) is 0 Å². The van der Waals surface area contributed by atoms with Crippen molar-refractivity contribution in [1.29, 1.82) is 0 Å². The topological polar surface area (TPSA) is 51.8 Å². The molecule has 0 saturated heterocycles. The molecule has 0 radical (unpaired) electrons. The van der Waals surface area contributed by atoms with E-state index in [2.05, 4.69) is 109 Å². The molecule has 0 aliphatic heterocycles. The maximum Gasteiger partial charge on any atom is 0.164 e. The number of fused-ring (bicyclic) bond motifs is 4. The molecule has 2 heterocycles. The lowest BCUT2D eigenvalue weighted by molar-refractivity contribution is 0.669. The van der Waals surface area contributed by atoms with E-state index in [0.717, 1.165) is 66.1 Å². The predicted octanol–water partition coefficient (Wildman–Crippen LogP) is 11.3. The predicted molar refractivity (Wildman–Crippen MR) is 192 cm³/mol. The third-order valence-electron chi connectivity index (χ3n) is 8.73. The van der Waals surface area contributed by atoms with Crippen LogP contribution in [-0.4, -0.2) is 15.0 Å². The van der Waals surface area contributed by atoms with E-state index in [-0.39, 0.29) is 0 Å². The van der Waals surface area contributed by atoms with Crippen LogP contribution in [0, 0.1) is 0 Å². The Bertz CT molecular complexity index is 2550. The minimum Gasteiger partial charge on any atom is -0.456 e. The van der Waals surface area contributed by atoms with Crippen LogP contribution in [0.1, 0.15) is 0 Å². The van der Waals surface area contributed by atoms with Gasteiger partial charge >= 0.3 is 0 Å². The number of furan rings is 1. The molecule has 0 atom stereocenters. The summed E-state index contributed by atoms with van der Waals surface area (Å²) >= 11 is 0. The number of para-hydroxylation sites is 1. The molecule has 4 heteroatoms. The minimum atomic E-state index is 0.622. The summed E-state index contributed by atoms with van der Waals surface area (Å²) in [5.74, 6) is 1.89. The normalized spacial score (nSPS) is 11.4. The highest BCUT2D eigenvalue weighted by Gasteiger charge is 2.18. The molecule has 0 saturated carbocycles. The van der Waals surface area contributed by atoms with Gasteiger partial charge in [-0.25, -0.2) is 15.0 Å². The first-order chi connectivity index (χ1) is 23.3. The van der Waals surface area contributed by atoms with Gasteiger partial charge in [-0.15, -0.1) is 0 Å². The molecule has 0 aliphatic carbocycles. The van der Waals surface area contributed by atoms with Crippen LogP contribution >= 0.6 is 0 Å². The second-order valence-corrected chi connectivity index (χ2v) is 11.6. The Morgan fingerprint density at radius 2 is 0.872 bits per heavy atom. The lowest BCUT2D eigenvalue weighted by atomic mass is 9.92. The lowest BCUT2D eigenvalue weighted by Crippen LogP contribution is -2.00. The largest absolute Gasteiger partial charge is 0.456 e. The van der Waals surface area contributed by atoms with E-state index in [9.17, 15) is 0 Å². The van der Waals surface area contributed by atoms with Crippen molar-refractivity contribution in [3.05, 3.63) is 164 Å². The maximum absolute atomic E-state index is 6.27. The van der Waals surface area contributed by atoms with Crippen LogP contribution in [0.5, 0.6) is 0 Å². The fourth-order valence-corrected chi connectivity index (χ4v) is 6.45.